The molecule has 1 aromatic rings. The molecule has 2 atom stereocenters. The average Bonchev–Trinajstić information content (AvgIpc) is 3.20. The fourth-order valence-electron chi connectivity index (χ4n) is 4.31. The van der Waals surface area contributed by atoms with Gasteiger partial charge in [-0.05, 0) is 37.1 Å². The van der Waals surface area contributed by atoms with Crippen molar-refractivity contribution in [2.45, 2.75) is 20.3 Å². The van der Waals surface area contributed by atoms with Gasteiger partial charge in [0.2, 0.25) is 5.91 Å². The van der Waals surface area contributed by atoms with Crippen LogP contribution >= 0.6 is 0 Å². The highest BCUT2D eigenvalue weighted by Crippen LogP contribution is 2.24. The Bertz CT molecular complexity index is 808. The monoisotopic (exact) mass is 447 g/mol. The van der Waals surface area contributed by atoms with Crippen molar-refractivity contribution >= 4 is 23.5 Å². The number of likely N-dealkylation sites (tertiary alicyclic amines) is 1. The van der Waals surface area contributed by atoms with E-state index in [0.717, 1.165) is 31.3 Å². The summed E-state index contributed by atoms with van der Waals surface area (Å²) in [6.07, 6.45) is 0.343. The largest absolute Gasteiger partial charge is 0.469 e. The normalized spacial score (nSPS) is 21.6. The van der Waals surface area contributed by atoms with Crippen molar-refractivity contribution in [2.75, 3.05) is 64.4 Å². The second kappa shape index (κ2) is 11.2. The first-order valence-corrected chi connectivity index (χ1v) is 11.3. The van der Waals surface area contributed by atoms with Crippen molar-refractivity contribution in [3.63, 3.8) is 0 Å². The highest BCUT2D eigenvalue weighted by Gasteiger charge is 2.36. The van der Waals surface area contributed by atoms with Gasteiger partial charge in [-0.1, -0.05) is 6.92 Å². The Labute approximate surface area is 189 Å². The van der Waals surface area contributed by atoms with Gasteiger partial charge < -0.3 is 24.8 Å². The Hall–Kier alpha value is -2.84. The number of ether oxygens (including phenoxy) is 1. The lowest BCUT2D eigenvalue weighted by molar-refractivity contribution is -0.146. The maximum Gasteiger partial charge on any atom is 0.310 e. The van der Waals surface area contributed by atoms with E-state index < -0.39 is 0 Å². The maximum atomic E-state index is 13.1. The molecule has 0 radical (unpaired) electrons. The maximum absolute atomic E-state index is 13.1. The number of esters is 1. The fourth-order valence-corrected chi connectivity index (χ4v) is 4.31. The minimum Gasteiger partial charge on any atom is -0.469 e. The number of piperazine rings is 1. The molecule has 0 spiro atoms. The average molecular weight is 448 g/mol. The summed E-state index contributed by atoms with van der Waals surface area (Å²) >= 11 is 0. The Kier molecular flexibility index (Phi) is 8.30. The van der Waals surface area contributed by atoms with E-state index in [9.17, 15) is 14.0 Å². The van der Waals surface area contributed by atoms with Gasteiger partial charge in [0.25, 0.3) is 0 Å². The van der Waals surface area contributed by atoms with Crippen LogP contribution in [-0.4, -0.2) is 87.1 Å². The number of anilines is 1. The number of benzene rings is 1. The predicted molar refractivity (Wildman–Crippen MR) is 122 cm³/mol. The first-order valence-electron chi connectivity index (χ1n) is 11.3. The Morgan fingerprint density at radius 2 is 1.81 bits per heavy atom. The van der Waals surface area contributed by atoms with Crippen LogP contribution in [-0.2, 0) is 14.3 Å². The number of guanidine groups is 1. The van der Waals surface area contributed by atoms with E-state index in [1.54, 1.807) is 12.1 Å². The van der Waals surface area contributed by atoms with Crippen LogP contribution in [0.2, 0.25) is 0 Å². The molecule has 3 rings (SSSR count). The lowest BCUT2D eigenvalue weighted by Gasteiger charge is -2.36. The molecule has 2 heterocycles. The van der Waals surface area contributed by atoms with Crippen LogP contribution in [0.3, 0.4) is 0 Å². The molecule has 2 saturated heterocycles. The second-order valence-electron chi connectivity index (χ2n) is 8.34. The zero-order valence-corrected chi connectivity index (χ0v) is 19.2. The van der Waals surface area contributed by atoms with Gasteiger partial charge in [0, 0.05) is 57.9 Å². The third-order valence-corrected chi connectivity index (χ3v) is 6.16. The summed E-state index contributed by atoms with van der Waals surface area (Å²) < 4.78 is 18.0. The molecular weight excluding hydrogens is 413 g/mol. The molecule has 176 valence electrons. The first kappa shape index (κ1) is 23.8. The highest BCUT2D eigenvalue weighted by atomic mass is 19.1. The van der Waals surface area contributed by atoms with E-state index in [1.165, 1.54) is 19.2 Å². The fraction of sp³-hybridized carbons (Fsp3) is 0.609. The number of carbonyl (C=O) groups is 2. The van der Waals surface area contributed by atoms with Crippen molar-refractivity contribution in [1.29, 1.82) is 0 Å². The number of nitrogens with zero attached hydrogens (tertiary/aromatic N) is 4. The van der Waals surface area contributed by atoms with Gasteiger partial charge in [0.15, 0.2) is 5.96 Å². The molecule has 0 bridgehead atoms. The van der Waals surface area contributed by atoms with Crippen LogP contribution in [0.5, 0.6) is 0 Å². The number of methoxy groups -OCH3 is 1. The number of aliphatic imine (C=N–C) groups is 1. The third kappa shape index (κ3) is 5.89. The number of hydrogen-bond donors (Lipinski definition) is 1. The summed E-state index contributed by atoms with van der Waals surface area (Å²) in [4.78, 5) is 35.4. The molecular formula is C23H34FN5O3. The minimum absolute atomic E-state index is 0.0885. The topological polar surface area (TPSA) is 77.5 Å². The van der Waals surface area contributed by atoms with Gasteiger partial charge in [-0.25, -0.2) is 4.39 Å². The van der Waals surface area contributed by atoms with E-state index in [2.05, 4.69) is 20.1 Å². The van der Waals surface area contributed by atoms with Gasteiger partial charge in [0.05, 0.1) is 19.6 Å². The zero-order chi connectivity index (χ0) is 23.1. The van der Waals surface area contributed by atoms with E-state index in [1.807, 2.05) is 18.7 Å². The van der Waals surface area contributed by atoms with Crippen LogP contribution in [0.4, 0.5) is 10.1 Å². The smallest absolute Gasteiger partial charge is 0.310 e. The van der Waals surface area contributed by atoms with Crippen LogP contribution in [0.25, 0.3) is 0 Å². The van der Waals surface area contributed by atoms with Gasteiger partial charge in [0.1, 0.15) is 5.82 Å². The van der Waals surface area contributed by atoms with E-state index in [-0.39, 0.29) is 29.5 Å². The van der Waals surface area contributed by atoms with E-state index in [0.29, 0.717) is 39.1 Å². The molecule has 2 fully saturated rings. The zero-order valence-electron chi connectivity index (χ0n) is 19.2. The summed E-state index contributed by atoms with van der Waals surface area (Å²) in [6.45, 7) is 9.18. The minimum atomic E-state index is -0.246. The van der Waals surface area contributed by atoms with Crippen molar-refractivity contribution in [1.82, 2.24) is 15.1 Å². The molecule has 1 amide bonds. The lowest BCUT2D eigenvalue weighted by Crippen LogP contribution is -2.49. The van der Waals surface area contributed by atoms with E-state index in [4.69, 9.17) is 4.74 Å². The molecule has 8 nitrogen and oxygen atoms in total. The standard InChI is InChI=1S/C23H34FN5O3/c1-4-25-23(29-15-17(2)20(16-29)22(31)32-3)26-10-9-21(30)28-13-11-27(12-14-28)19-7-5-18(24)6-8-19/h5-8,17,20H,4,9-16H2,1-3H3,(H,25,26). The molecule has 1 N–H and O–H groups in total. The van der Waals surface area contributed by atoms with E-state index >= 15 is 0 Å². The number of rotatable bonds is 6. The van der Waals surface area contributed by atoms with Crippen LogP contribution in [0.15, 0.2) is 29.3 Å². The van der Waals surface area contributed by atoms with Crippen molar-refractivity contribution in [3.05, 3.63) is 30.1 Å². The van der Waals surface area contributed by atoms with Crippen LogP contribution < -0.4 is 10.2 Å². The lowest BCUT2D eigenvalue weighted by atomic mass is 9.99. The SMILES string of the molecule is CCNC(=NCCC(=O)N1CCN(c2ccc(F)cc2)CC1)N1CC(C)C(C(=O)OC)C1. The third-order valence-electron chi connectivity index (χ3n) is 6.16. The molecule has 9 heteroatoms. The van der Waals surface area contributed by atoms with Crippen LogP contribution in [0, 0.1) is 17.7 Å². The molecule has 2 aliphatic rings. The first-order chi connectivity index (χ1) is 15.4. The van der Waals surface area contributed by atoms with Crippen molar-refractivity contribution in [2.24, 2.45) is 16.8 Å². The van der Waals surface area contributed by atoms with Gasteiger partial charge in [-0.15, -0.1) is 0 Å². The molecule has 2 aliphatic heterocycles. The summed E-state index contributed by atoms with van der Waals surface area (Å²) in [5, 5.41) is 3.27. The molecule has 0 aromatic heterocycles. The molecule has 32 heavy (non-hydrogen) atoms. The number of halogens is 1. The summed E-state index contributed by atoms with van der Waals surface area (Å²) in [6, 6.07) is 6.46. The Balaban J connectivity index is 1.49. The van der Waals surface area contributed by atoms with Gasteiger partial charge >= 0.3 is 5.97 Å². The molecule has 2 unspecified atom stereocenters. The summed E-state index contributed by atoms with van der Waals surface area (Å²) in [7, 11) is 1.42. The van der Waals surface area contributed by atoms with Gasteiger partial charge in [-0.3, -0.25) is 14.6 Å². The number of nitrogens with one attached hydrogen (secondary N) is 1. The van der Waals surface area contributed by atoms with Gasteiger partial charge in [-0.2, -0.15) is 0 Å². The van der Waals surface area contributed by atoms with Crippen LogP contribution in [0.1, 0.15) is 20.3 Å². The Morgan fingerprint density at radius 3 is 2.44 bits per heavy atom. The molecule has 0 aliphatic carbocycles. The quantitative estimate of drug-likeness (QED) is 0.405. The molecule has 1 aromatic carbocycles. The highest BCUT2D eigenvalue weighted by molar-refractivity contribution is 5.83. The van der Waals surface area contributed by atoms with Crippen molar-refractivity contribution in [3.8, 4) is 0 Å². The van der Waals surface area contributed by atoms with Crippen molar-refractivity contribution < 1.29 is 18.7 Å². The number of amides is 1. The Morgan fingerprint density at radius 1 is 1.12 bits per heavy atom. The molecule has 0 saturated carbocycles. The predicted octanol–water partition coefficient (Wildman–Crippen LogP) is 1.57. The number of carbonyl (C=O) groups excluding carboxylic acids is 2. The summed E-state index contributed by atoms with van der Waals surface area (Å²) in [5.74, 6) is 0.411. The second-order valence-corrected chi connectivity index (χ2v) is 8.34. The number of hydrogen-bond acceptors (Lipinski definition) is 5. The summed E-state index contributed by atoms with van der Waals surface area (Å²) in [5.41, 5.74) is 0.975.